The van der Waals surface area contributed by atoms with Gasteiger partial charge in [0.2, 0.25) is 0 Å². The number of carbonyl (C=O) groups is 1. The molecule has 0 saturated carbocycles. The highest BCUT2D eigenvalue weighted by molar-refractivity contribution is 6.31. The first-order valence-corrected chi connectivity index (χ1v) is 8.39. The molecule has 0 aliphatic rings. The van der Waals surface area contributed by atoms with Gasteiger partial charge < -0.3 is 10.1 Å². The second-order valence-electron chi connectivity index (χ2n) is 5.86. The van der Waals surface area contributed by atoms with Crippen LogP contribution in [0.1, 0.15) is 15.9 Å². The lowest BCUT2D eigenvalue weighted by atomic mass is 10.2. The number of rotatable bonds is 5. The number of amides is 1. The highest BCUT2D eigenvalue weighted by Gasteiger charge is 2.14. The summed E-state index contributed by atoms with van der Waals surface area (Å²) in [6, 6.07) is 17.8. The van der Waals surface area contributed by atoms with Gasteiger partial charge in [-0.3, -0.25) is 14.9 Å². The van der Waals surface area contributed by atoms with Gasteiger partial charge in [0.15, 0.2) is 0 Å². The fraction of sp³-hybridized carbons (Fsp3) is 0.0500. The van der Waals surface area contributed by atoms with Crippen molar-refractivity contribution in [1.82, 2.24) is 0 Å². The summed E-state index contributed by atoms with van der Waals surface area (Å²) in [4.78, 5) is 23.1. The summed E-state index contributed by atoms with van der Waals surface area (Å²) in [5.41, 5.74) is 1.39. The summed E-state index contributed by atoms with van der Waals surface area (Å²) in [5.74, 6) is 0.360. The normalized spacial score (nSPS) is 10.3. The van der Waals surface area contributed by atoms with E-state index in [-0.39, 0.29) is 17.1 Å². The Kier molecular flexibility index (Phi) is 5.38. The van der Waals surface area contributed by atoms with Gasteiger partial charge in [0.25, 0.3) is 11.6 Å². The lowest BCUT2D eigenvalue weighted by Crippen LogP contribution is -2.12. The van der Waals surface area contributed by atoms with E-state index < -0.39 is 10.8 Å². The van der Waals surface area contributed by atoms with Gasteiger partial charge in [-0.15, -0.1) is 0 Å². The van der Waals surface area contributed by atoms with E-state index in [9.17, 15) is 14.9 Å². The molecule has 3 aromatic rings. The molecule has 0 heterocycles. The van der Waals surface area contributed by atoms with E-state index in [4.69, 9.17) is 16.3 Å². The van der Waals surface area contributed by atoms with E-state index in [0.717, 1.165) is 5.56 Å². The number of ether oxygens (including phenoxy) is 1. The molecule has 0 aromatic heterocycles. The SMILES string of the molecule is Cc1cccc(Oc2cc(NC(=O)c3cccc(Cl)c3)cc([N+](=O)[O-])c2)c1. The Hall–Kier alpha value is -3.38. The predicted octanol–water partition coefficient (Wildman–Crippen LogP) is 5.60. The van der Waals surface area contributed by atoms with Crippen LogP contribution in [0.25, 0.3) is 0 Å². The number of hydrogen-bond donors (Lipinski definition) is 1. The van der Waals surface area contributed by atoms with E-state index in [1.54, 1.807) is 24.3 Å². The maximum Gasteiger partial charge on any atom is 0.275 e. The fourth-order valence-electron chi connectivity index (χ4n) is 2.47. The number of non-ortho nitro benzene ring substituents is 1. The number of nitro groups is 1. The van der Waals surface area contributed by atoms with Crippen molar-refractivity contribution in [2.24, 2.45) is 0 Å². The molecule has 3 aromatic carbocycles. The van der Waals surface area contributed by atoms with Gasteiger partial charge in [0, 0.05) is 22.7 Å². The summed E-state index contributed by atoms with van der Waals surface area (Å²) in [7, 11) is 0. The van der Waals surface area contributed by atoms with Crippen LogP contribution < -0.4 is 10.1 Å². The number of benzene rings is 3. The number of hydrogen-bond acceptors (Lipinski definition) is 4. The van der Waals surface area contributed by atoms with Gasteiger partial charge in [0.1, 0.15) is 11.5 Å². The largest absolute Gasteiger partial charge is 0.457 e. The van der Waals surface area contributed by atoms with Crippen molar-refractivity contribution in [3.05, 3.63) is 93.0 Å². The van der Waals surface area contributed by atoms with Crippen LogP contribution >= 0.6 is 11.6 Å². The minimum atomic E-state index is -0.544. The monoisotopic (exact) mass is 382 g/mol. The molecule has 0 aliphatic heterocycles. The van der Waals surface area contributed by atoms with Crippen molar-refractivity contribution >= 4 is 28.9 Å². The van der Waals surface area contributed by atoms with E-state index in [1.165, 1.54) is 24.3 Å². The smallest absolute Gasteiger partial charge is 0.275 e. The third kappa shape index (κ3) is 4.83. The number of anilines is 1. The van der Waals surface area contributed by atoms with Gasteiger partial charge in [-0.2, -0.15) is 0 Å². The first-order chi connectivity index (χ1) is 12.9. The Morgan fingerprint density at radius 3 is 2.52 bits per heavy atom. The molecule has 0 aliphatic carbocycles. The zero-order valence-corrected chi connectivity index (χ0v) is 15.1. The number of nitro benzene ring substituents is 1. The van der Waals surface area contributed by atoms with Crippen molar-refractivity contribution in [2.75, 3.05) is 5.32 Å². The first kappa shape index (κ1) is 18.4. The molecule has 6 nitrogen and oxygen atoms in total. The number of aryl methyl sites for hydroxylation is 1. The summed E-state index contributed by atoms with van der Waals surface area (Å²) in [5, 5.41) is 14.3. The van der Waals surface area contributed by atoms with Gasteiger partial charge >= 0.3 is 0 Å². The zero-order valence-electron chi connectivity index (χ0n) is 14.3. The molecule has 0 atom stereocenters. The molecule has 136 valence electrons. The molecule has 27 heavy (non-hydrogen) atoms. The van der Waals surface area contributed by atoms with Crippen LogP contribution in [0.5, 0.6) is 11.5 Å². The Balaban J connectivity index is 1.89. The maximum absolute atomic E-state index is 12.4. The quantitative estimate of drug-likeness (QED) is 0.460. The topological polar surface area (TPSA) is 81.5 Å². The van der Waals surface area contributed by atoms with Crippen molar-refractivity contribution in [3.63, 3.8) is 0 Å². The molecule has 7 heteroatoms. The van der Waals surface area contributed by atoms with Crippen LogP contribution in [0.3, 0.4) is 0 Å². The van der Waals surface area contributed by atoms with Crippen LogP contribution in [0.2, 0.25) is 5.02 Å². The molecule has 0 bridgehead atoms. The molecule has 0 spiro atoms. The summed E-state index contributed by atoms with van der Waals surface area (Å²) >= 11 is 5.90. The van der Waals surface area contributed by atoms with Crippen molar-refractivity contribution in [3.8, 4) is 11.5 Å². The summed E-state index contributed by atoms with van der Waals surface area (Å²) < 4.78 is 5.72. The maximum atomic E-state index is 12.4. The molecule has 1 amide bonds. The first-order valence-electron chi connectivity index (χ1n) is 8.01. The Labute approximate surface area is 160 Å². The average molecular weight is 383 g/mol. The predicted molar refractivity (Wildman–Crippen MR) is 104 cm³/mol. The fourth-order valence-corrected chi connectivity index (χ4v) is 2.66. The number of nitrogens with zero attached hydrogens (tertiary/aromatic N) is 1. The Morgan fingerprint density at radius 1 is 1.04 bits per heavy atom. The third-order valence-electron chi connectivity index (χ3n) is 3.67. The Bertz CT molecular complexity index is 1020. The molecule has 0 saturated heterocycles. The van der Waals surface area contributed by atoms with E-state index in [1.807, 2.05) is 25.1 Å². The van der Waals surface area contributed by atoms with Gasteiger partial charge in [-0.05, 0) is 42.8 Å². The lowest BCUT2D eigenvalue weighted by Gasteiger charge is -2.10. The van der Waals surface area contributed by atoms with E-state index in [2.05, 4.69) is 5.32 Å². The molecule has 1 N–H and O–H groups in total. The summed E-state index contributed by atoms with van der Waals surface area (Å²) in [6.07, 6.45) is 0. The molecule has 3 rings (SSSR count). The van der Waals surface area contributed by atoms with Crippen LogP contribution in [0, 0.1) is 17.0 Å². The standard InChI is InChI=1S/C20H15ClN2O4/c1-13-4-2-7-18(8-13)27-19-11-16(10-17(12-19)23(25)26)22-20(24)14-5-3-6-15(21)9-14/h2-12H,1H3,(H,22,24). The van der Waals surface area contributed by atoms with Crippen LogP contribution in [-0.4, -0.2) is 10.8 Å². The number of nitrogens with one attached hydrogen (secondary N) is 1. The van der Waals surface area contributed by atoms with Crippen molar-refractivity contribution in [2.45, 2.75) is 6.92 Å². The van der Waals surface area contributed by atoms with Crippen molar-refractivity contribution in [1.29, 1.82) is 0 Å². The molecular formula is C20H15ClN2O4. The van der Waals surface area contributed by atoms with Gasteiger partial charge in [0.05, 0.1) is 16.7 Å². The second-order valence-corrected chi connectivity index (χ2v) is 6.29. The lowest BCUT2D eigenvalue weighted by molar-refractivity contribution is -0.384. The van der Waals surface area contributed by atoms with Crippen LogP contribution in [0.4, 0.5) is 11.4 Å². The number of carbonyl (C=O) groups excluding carboxylic acids is 1. The van der Waals surface area contributed by atoms with Crippen molar-refractivity contribution < 1.29 is 14.5 Å². The van der Waals surface area contributed by atoms with Crippen LogP contribution in [-0.2, 0) is 0 Å². The van der Waals surface area contributed by atoms with Gasteiger partial charge in [-0.1, -0.05) is 29.8 Å². The minimum Gasteiger partial charge on any atom is -0.457 e. The Morgan fingerprint density at radius 2 is 1.81 bits per heavy atom. The molecule has 0 unspecified atom stereocenters. The van der Waals surface area contributed by atoms with Crippen LogP contribution in [0.15, 0.2) is 66.7 Å². The molecule has 0 radical (unpaired) electrons. The highest BCUT2D eigenvalue weighted by atomic mass is 35.5. The highest BCUT2D eigenvalue weighted by Crippen LogP contribution is 2.30. The summed E-state index contributed by atoms with van der Waals surface area (Å²) in [6.45, 7) is 1.91. The van der Waals surface area contributed by atoms with E-state index in [0.29, 0.717) is 16.3 Å². The zero-order chi connectivity index (χ0) is 19.4. The second kappa shape index (κ2) is 7.88. The van der Waals surface area contributed by atoms with Gasteiger partial charge in [-0.25, -0.2) is 0 Å². The molecular weight excluding hydrogens is 368 g/mol. The average Bonchev–Trinajstić information content (AvgIpc) is 2.61. The molecule has 0 fully saturated rings. The van der Waals surface area contributed by atoms with E-state index >= 15 is 0 Å². The number of halogens is 1. The minimum absolute atomic E-state index is 0.193. The third-order valence-corrected chi connectivity index (χ3v) is 3.91.